The van der Waals surface area contributed by atoms with Crippen LogP contribution in [-0.2, 0) is 6.18 Å². The SMILES string of the molecule is CNC(=O)c1cc(C(N)=O)cc(C(F)(F)F)c1. The van der Waals surface area contributed by atoms with Crippen LogP contribution >= 0.6 is 0 Å². The second-order valence-electron chi connectivity index (χ2n) is 3.24. The number of hydrogen-bond donors (Lipinski definition) is 2. The molecule has 0 atom stereocenters. The number of nitrogens with one attached hydrogen (secondary N) is 1. The van der Waals surface area contributed by atoms with Gasteiger partial charge in [0.05, 0.1) is 5.56 Å². The fourth-order valence-corrected chi connectivity index (χ4v) is 1.21. The minimum Gasteiger partial charge on any atom is -0.366 e. The average molecular weight is 246 g/mol. The minimum atomic E-state index is -4.64. The van der Waals surface area contributed by atoms with Gasteiger partial charge in [-0.15, -0.1) is 0 Å². The molecule has 0 bridgehead atoms. The van der Waals surface area contributed by atoms with E-state index in [1.54, 1.807) is 0 Å². The minimum absolute atomic E-state index is 0.267. The molecule has 0 aliphatic carbocycles. The van der Waals surface area contributed by atoms with Crippen LogP contribution in [0.25, 0.3) is 0 Å². The van der Waals surface area contributed by atoms with Gasteiger partial charge in [-0.1, -0.05) is 0 Å². The topological polar surface area (TPSA) is 72.2 Å². The zero-order valence-corrected chi connectivity index (χ0v) is 8.76. The van der Waals surface area contributed by atoms with Crippen molar-refractivity contribution in [3.05, 3.63) is 34.9 Å². The van der Waals surface area contributed by atoms with Gasteiger partial charge in [-0.2, -0.15) is 13.2 Å². The van der Waals surface area contributed by atoms with Crippen LogP contribution in [0.1, 0.15) is 26.3 Å². The van der Waals surface area contributed by atoms with Gasteiger partial charge in [0, 0.05) is 18.2 Å². The summed E-state index contributed by atoms with van der Waals surface area (Å²) >= 11 is 0. The quantitative estimate of drug-likeness (QED) is 0.822. The van der Waals surface area contributed by atoms with Crippen LogP contribution in [0.15, 0.2) is 18.2 Å². The lowest BCUT2D eigenvalue weighted by Crippen LogP contribution is -2.21. The van der Waals surface area contributed by atoms with Crippen LogP contribution < -0.4 is 11.1 Å². The molecular formula is C10H9F3N2O2. The summed E-state index contributed by atoms with van der Waals surface area (Å²) in [5.41, 5.74) is 3.18. The van der Waals surface area contributed by atoms with Crippen molar-refractivity contribution < 1.29 is 22.8 Å². The van der Waals surface area contributed by atoms with Crippen LogP contribution in [-0.4, -0.2) is 18.9 Å². The highest BCUT2D eigenvalue weighted by Crippen LogP contribution is 2.30. The van der Waals surface area contributed by atoms with Crippen LogP contribution in [0.3, 0.4) is 0 Å². The van der Waals surface area contributed by atoms with Gasteiger partial charge in [0.15, 0.2) is 0 Å². The molecule has 17 heavy (non-hydrogen) atoms. The third-order valence-electron chi connectivity index (χ3n) is 2.03. The van der Waals surface area contributed by atoms with E-state index in [1.807, 2.05) is 0 Å². The molecule has 0 fully saturated rings. The Morgan fingerprint density at radius 1 is 1.18 bits per heavy atom. The maximum absolute atomic E-state index is 12.5. The molecule has 0 radical (unpaired) electrons. The van der Waals surface area contributed by atoms with Gasteiger partial charge in [0.1, 0.15) is 0 Å². The van der Waals surface area contributed by atoms with E-state index in [4.69, 9.17) is 5.73 Å². The first-order valence-corrected chi connectivity index (χ1v) is 4.50. The Bertz CT molecular complexity index is 469. The molecule has 1 aromatic carbocycles. The van der Waals surface area contributed by atoms with Crippen LogP contribution in [0.5, 0.6) is 0 Å². The Morgan fingerprint density at radius 2 is 1.71 bits per heavy atom. The van der Waals surface area contributed by atoms with E-state index in [1.165, 1.54) is 7.05 Å². The van der Waals surface area contributed by atoms with Gasteiger partial charge in [0.2, 0.25) is 5.91 Å². The summed E-state index contributed by atoms with van der Waals surface area (Å²) in [4.78, 5) is 22.1. The third kappa shape index (κ3) is 2.96. The fraction of sp³-hybridized carbons (Fsp3) is 0.200. The molecule has 92 valence electrons. The monoisotopic (exact) mass is 246 g/mol. The maximum Gasteiger partial charge on any atom is 0.416 e. The molecule has 7 heteroatoms. The number of halogens is 3. The number of carbonyl (C=O) groups excluding carboxylic acids is 2. The first-order chi connectivity index (χ1) is 7.75. The van der Waals surface area contributed by atoms with E-state index in [2.05, 4.69) is 5.32 Å². The highest BCUT2D eigenvalue weighted by Gasteiger charge is 2.32. The fourth-order valence-electron chi connectivity index (χ4n) is 1.21. The second kappa shape index (κ2) is 4.44. The van der Waals surface area contributed by atoms with Crippen molar-refractivity contribution in [2.24, 2.45) is 5.73 Å². The van der Waals surface area contributed by atoms with Gasteiger partial charge in [-0.3, -0.25) is 9.59 Å². The Morgan fingerprint density at radius 3 is 2.12 bits per heavy atom. The summed E-state index contributed by atoms with van der Waals surface area (Å²) in [5, 5.41) is 2.17. The molecule has 0 spiro atoms. The van der Waals surface area contributed by atoms with E-state index >= 15 is 0 Å². The molecule has 2 amide bonds. The lowest BCUT2D eigenvalue weighted by Gasteiger charge is -2.10. The second-order valence-corrected chi connectivity index (χ2v) is 3.24. The molecule has 0 aliphatic rings. The zero-order valence-electron chi connectivity index (χ0n) is 8.76. The van der Waals surface area contributed by atoms with Gasteiger partial charge >= 0.3 is 6.18 Å². The van der Waals surface area contributed by atoms with Gasteiger partial charge in [0.25, 0.3) is 5.91 Å². The molecule has 0 saturated heterocycles. The lowest BCUT2D eigenvalue weighted by molar-refractivity contribution is -0.137. The summed E-state index contributed by atoms with van der Waals surface area (Å²) in [7, 11) is 1.27. The molecule has 0 saturated carbocycles. The number of rotatable bonds is 2. The summed E-state index contributed by atoms with van der Waals surface area (Å²) < 4.78 is 37.5. The first-order valence-electron chi connectivity index (χ1n) is 4.50. The number of alkyl halides is 3. The van der Waals surface area contributed by atoms with Crippen LogP contribution in [0, 0.1) is 0 Å². The van der Waals surface area contributed by atoms with Crippen molar-refractivity contribution in [3.8, 4) is 0 Å². The molecule has 1 rings (SSSR count). The van der Waals surface area contributed by atoms with Crippen molar-refractivity contribution in [2.75, 3.05) is 7.05 Å². The molecule has 1 aromatic rings. The van der Waals surface area contributed by atoms with Crippen molar-refractivity contribution in [1.82, 2.24) is 5.32 Å². The Hall–Kier alpha value is -2.05. The zero-order chi connectivity index (χ0) is 13.2. The van der Waals surface area contributed by atoms with Gasteiger partial charge in [-0.25, -0.2) is 0 Å². The predicted octanol–water partition coefficient (Wildman–Crippen LogP) is 1.16. The smallest absolute Gasteiger partial charge is 0.366 e. The van der Waals surface area contributed by atoms with Crippen molar-refractivity contribution in [3.63, 3.8) is 0 Å². The van der Waals surface area contributed by atoms with E-state index < -0.39 is 23.6 Å². The predicted molar refractivity (Wildman–Crippen MR) is 53.4 cm³/mol. The number of hydrogen-bond acceptors (Lipinski definition) is 2. The van der Waals surface area contributed by atoms with Crippen molar-refractivity contribution >= 4 is 11.8 Å². The molecular weight excluding hydrogens is 237 g/mol. The number of amides is 2. The Balaban J connectivity index is 3.39. The number of nitrogens with two attached hydrogens (primary N) is 1. The average Bonchev–Trinajstić information content (AvgIpc) is 2.26. The van der Waals surface area contributed by atoms with E-state index in [-0.39, 0.29) is 11.1 Å². The molecule has 4 nitrogen and oxygen atoms in total. The third-order valence-corrected chi connectivity index (χ3v) is 2.03. The van der Waals surface area contributed by atoms with Crippen molar-refractivity contribution in [2.45, 2.75) is 6.18 Å². The summed E-state index contributed by atoms with van der Waals surface area (Å²) in [6.45, 7) is 0. The van der Waals surface area contributed by atoms with E-state index in [0.717, 1.165) is 6.07 Å². The normalized spacial score (nSPS) is 11.1. The van der Waals surface area contributed by atoms with Gasteiger partial charge < -0.3 is 11.1 Å². The van der Waals surface area contributed by atoms with Crippen molar-refractivity contribution in [1.29, 1.82) is 0 Å². The highest BCUT2D eigenvalue weighted by molar-refractivity contribution is 5.99. The van der Waals surface area contributed by atoms with Crippen LogP contribution in [0.4, 0.5) is 13.2 Å². The summed E-state index contributed by atoms with van der Waals surface area (Å²) in [5.74, 6) is -1.75. The number of carbonyl (C=O) groups is 2. The van der Waals surface area contributed by atoms with E-state index in [0.29, 0.717) is 12.1 Å². The molecule has 0 heterocycles. The number of benzene rings is 1. The molecule has 0 aliphatic heterocycles. The molecule has 3 N–H and O–H groups in total. The number of primary amides is 1. The van der Waals surface area contributed by atoms with Gasteiger partial charge in [-0.05, 0) is 18.2 Å². The van der Waals surface area contributed by atoms with E-state index in [9.17, 15) is 22.8 Å². The summed E-state index contributed by atoms with van der Waals surface area (Å²) in [6, 6.07) is 2.27. The Kier molecular flexibility index (Phi) is 3.40. The van der Waals surface area contributed by atoms with Crippen LogP contribution in [0.2, 0.25) is 0 Å². The summed E-state index contributed by atoms with van der Waals surface area (Å²) in [6.07, 6.45) is -4.64. The molecule has 0 aromatic heterocycles. The maximum atomic E-state index is 12.5. The standard InChI is InChI=1S/C10H9F3N2O2/c1-15-9(17)6-2-5(8(14)16)3-7(4-6)10(11,12)13/h2-4H,1H3,(H2,14,16)(H,15,17). The largest absolute Gasteiger partial charge is 0.416 e. The highest BCUT2D eigenvalue weighted by atomic mass is 19.4. The lowest BCUT2D eigenvalue weighted by atomic mass is 10.0. The molecule has 0 unspecified atom stereocenters. The first kappa shape index (κ1) is 13.0. The Labute approximate surface area is 94.6 Å².